The molecule has 0 N–H and O–H groups in total. The zero-order chi connectivity index (χ0) is 16.2. The van der Waals surface area contributed by atoms with Crippen molar-refractivity contribution in [2.24, 2.45) is 16.7 Å². The van der Waals surface area contributed by atoms with E-state index in [1.807, 2.05) is 6.07 Å². The number of fused-ring (bicyclic) bond motifs is 5. The second kappa shape index (κ2) is 5.09. The SMILES string of the molecule is COc1ccc2c(c1C=O)CC[C@]1(C)[C@@H]2CC[C@]2(C)CCC[C@H]21. The maximum Gasteiger partial charge on any atom is 0.154 e. The largest absolute Gasteiger partial charge is 0.496 e. The van der Waals surface area contributed by atoms with Crippen molar-refractivity contribution >= 4 is 6.29 Å². The van der Waals surface area contributed by atoms with Crippen LogP contribution in [0.1, 0.15) is 79.8 Å². The number of hydrogen-bond donors (Lipinski definition) is 0. The molecule has 0 saturated heterocycles. The van der Waals surface area contributed by atoms with Gasteiger partial charge in [-0.1, -0.05) is 26.3 Å². The maximum absolute atomic E-state index is 11.7. The molecule has 0 bridgehead atoms. The van der Waals surface area contributed by atoms with Crippen molar-refractivity contribution in [3.05, 3.63) is 28.8 Å². The quantitative estimate of drug-likeness (QED) is 0.706. The highest BCUT2D eigenvalue weighted by molar-refractivity contribution is 5.83. The molecule has 4 atom stereocenters. The van der Waals surface area contributed by atoms with Gasteiger partial charge in [0.1, 0.15) is 5.75 Å². The van der Waals surface area contributed by atoms with E-state index in [2.05, 4.69) is 19.9 Å². The van der Waals surface area contributed by atoms with E-state index in [0.29, 0.717) is 16.7 Å². The molecule has 3 aliphatic carbocycles. The molecule has 2 fully saturated rings. The topological polar surface area (TPSA) is 26.3 Å². The highest BCUT2D eigenvalue weighted by Crippen LogP contribution is 2.66. The Hall–Kier alpha value is -1.31. The van der Waals surface area contributed by atoms with Crippen LogP contribution in [0.25, 0.3) is 0 Å². The van der Waals surface area contributed by atoms with Crippen molar-refractivity contribution in [3.8, 4) is 5.75 Å². The fourth-order valence-electron chi connectivity index (χ4n) is 6.53. The van der Waals surface area contributed by atoms with Crippen LogP contribution in [0.3, 0.4) is 0 Å². The third kappa shape index (κ3) is 1.96. The summed E-state index contributed by atoms with van der Waals surface area (Å²) in [5.74, 6) is 2.21. The second-order valence-corrected chi connectivity index (χ2v) is 8.56. The molecule has 0 aromatic heterocycles. The van der Waals surface area contributed by atoms with E-state index < -0.39 is 0 Å². The van der Waals surface area contributed by atoms with E-state index >= 15 is 0 Å². The van der Waals surface area contributed by atoms with Gasteiger partial charge in [-0.2, -0.15) is 0 Å². The summed E-state index contributed by atoms with van der Waals surface area (Å²) in [6.07, 6.45) is 10.1. The number of methoxy groups -OCH3 is 1. The third-order valence-corrected chi connectivity index (χ3v) is 7.66. The summed E-state index contributed by atoms with van der Waals surface area (Å²) in [7, 11) is 1.66. The fourth-order valence-corrected chi connectivity index (χ4v) is 6.53. The van der Waals surface area contributed by atoms with Gasteiger partial charge in [0.05, 0.1) is 12.7 Å². The van der Waals surface area contributed by atoms with E-state index in [4.69, 9.17) is 4.74 Å². The van der Waals surface area contributed by atoms with Crippen molar-refractivity contribution in [2.45, 2.75) is 64.7 Å². The lowest BCUT2D eigenvalue weighted by atomic mass is 9.48. The van der Waals surface area contributed by atoms with Crippen LogP contribution in [-0.4, -0.2) is 13.4 Å². The Morgan fingerprint density at radius 2 is 2.00 bits per heavy atom. The molecule has 0 amide bonds. The van der Waals surface area contributed by atoms with Crippen molar-refractivity contribution in [1.29, 1.82) is 0 Å². The lowest BCUT2D eigenvalue weighted by molar-refractivity contribution is -0.0179. The van der Waals surface area contributed by atoms with Crippen LogP contribution in [0.4, 0.5) is 0 Å². The van der Waals surface area contributed by atoms with Crippen LogP contribution in [0.2, 0.25) is 0 Å². The Bertz CT molecular complexity index is 649. The number of carbonyl (C=O) groups is 1. The van der Waals surface area contributed by atoms with Gasteiger partial charge in [-0.3, -0.25) is 4.79 Å². The molecule has 1 aromatic carbocycles. The van der Waals surface area contributed by atoms with Crippen molar-refractivity contribution < 1.29 is 9.53 Å². The van der Waals surface area contributed by atoms with Crippen LogP contribution in [0.15, 0.2) is 12.1 Å². The zero-order valence-corrected chi connectivity index (χ0v) is 14.7. The summed E-state index contributed by atoms with van der Waals surface area (Å²) in [5.41, 5.74) is 4.47. The van der Waals surface area contributed by atoms with E-state index in [0.717, 1.165) is 29.9 Å². The van der Waals surface area contributed by atoms with Gasteiger partial charge in [-0.15, -0.1) is 0 Å². The fraction of sp³-hybridized carbons (Fsp3) is 0.667. The zero-order valence-electron chi connectivity index (χ0n) is 14.7. The minimum Gasteiger partial charge on any atom is -0.496 e. The Morgan fingerprint density at radius 3 is 2.74 bits per heavy atom. The molecule has 0 unspecified atom stereocenters. The Labute approximate surface area is 139 Å². The standard InChI is InChI=1S/C21H28O2/c1-20-10-4-5-19(20)21(2)12-8-14-15(17(21)9-11-20)6-7-18(23-3)16(14)13-22/h6-7,13,17,19H,4-5,8-12H2,1-3H3/t17-,19-,20+,21-/m1/s1. The molecule has 2 saturated carbocycles. The lowest BCUT2D eigenvalue weighted by Gasteiger charge is -2.56. The average molecular weight is 312 g/mol. The summed E-state index contributed by atoms with van der Waals surface area (Å²) in [6, 6.07) is 4.26. The smallest absolute Gasteiger partial charge is 0.154 e. The number of aldehydes is 1. The van der Waals surface area contributed by atoms with Gasteiger partial charge >= 0.3 is 0 Å². The van der Waals surface area contributed by atoms with E-state index in [1.54, 1.807) is 7.11 Å². The third-order valence-electron chi connectivity index (χ3n) is 7.66. The first kappa shape index (κ1) is 15.2. The minimum atomic E-state index is 0.408. The normalized spacial score (nSPS) is 38.4. The van der Waals surface area contributed by atoms with Gasteiger partial charge in [0.25, 0.3) is 0 Å². The predicted octanol–water partition coefficient (Wildman–Crippen LogP) is 5.14. The summed E-state index contributed by atoms with van der Waals surface area (Å²) in [4.78, 5) is 11.7. The van der Waals surface area contributed by atoms with Gasteiger partial charge in [0, 0.05) is 0 Å². The van der Waals surface area contributed by atoms with E-state index in [-0.39, 0.29) is 0 Å². The summed E-state index contributed by atoms with van der Waals surface area (Å²) in [5, 5.41) is 0. The number of carbonyl (C=O) groups excluding carboxylic acids is 1. The van der Waals surface area contributed by atoms with Gasteiger partial charge in [0.2, 0.25) is 0 Å². The molecule has 4 rings (SSSR count). The van der Waals surface area contributed by atoms with Crippen LogP contribution in [0, 0.1) is 16.7 Å². The van der Waals surface area contributed by atoms with Crippen molar-refractivity contribution in [3.63, 3.8) is 0 Å². The Balaban J connectivity index is 1.81. The van der Waals surface area contributed by atoms with Crippen LogP contribution in [-0.2, 0) is 6.42 Å². The van der Waals surface area contributed by atoms with Crippen molar-refractivity contribution in [1.82, 2.24) is 0 Å². The van der Waals surface area contributed by atoms with Crippen LogP contribution >= 0.6 is 0 Å². The monoisotopic (exact) mass is 312 g/mol. The minimum absolute atomic E-state index is 0.408. The molecule has 1 aromatic rings. The lowest BCUT2D eigenvalue weighted by Crippen LogP contribution is -2.47. The van der Waals surface area contributed by atoms with Crippen LogP contribution < -0.4 is 4.74 Å². The van der Waals surface area contributed by atoms with Gasteiger partial charge in [-0.05, 0) is 78.4 Å². The van der Waals surface area contributed by atoms with Crippen molar-refractivity contribution in [2.75, 3.05) is 7.11 Å². The number of hydrogen-bond acceptors (Lipinski definition) is 2. The number of benzene rings is 1. The average Bonchev–Trinajstić information content (AvgIpc) is 2.96. The first-order valence-corrected chi connectivity index (χ1v) is 9.18. The van der Waals surface area contributed by atoms with Gasteiger partial charge < -0.3 is 4.74 Å². The molecule has 0 radical (unpaired) electrons. The maximum atomic E-state index is 11.7. The summed E-state index contributed by atoms with van der Waals surface area (Å²) in [6.45, 7) is 5.07. The Kier molecular flexibility index (Phi) is 3.37. The molecule has 3 aliphatic rings. The first-order chi connectivity index (χ1) is 11.0. The highest BCUT2D eigenvalue weighted by atomic mass is 16.5. The van der Waals surface area contributed by atoms with Gasteiger partial charge in [0.15, 0.2) is 6.29 Å². The summed E-state index contributed by atoms with van der Waals surface area (Å²) >= 11 is 0. The molecule has 23 heavy (non-hydrogen) atoms. The molecule has 2 heteroatoms. The van der Waals surface area contributed by atoms with E-state index in [1.165, 1.54) is 49.7 Å². The molecular weight excluding hydrogens is 284 g/mol. The highest BCUT2D eigenvalue weighted by Gasteiger charge is 2.56. The molecule has 124 valence electrons. The first-order valence-electron chi connectivity index (χ1n) is 9.18. The molecule has 0 spiro atoms. The summed E-state index contributed by atoms with van der Waals surface area (Å²) < 4.78 is 5.42. The predicted molar refractivity (Wildman–Crippen MR) is 92.2 cm³/mol. The molecule has 2 nitrogen and oxygen atoms in total. The van der Waals surface area contributed by atoms with E-state index in [9.17, 15) is 4.79 Å². The molecular formula is C21H28O2. The number of rotatable bonds is 2. The number of ether oxygens (including phenoxy) is 1. The molecule has 0 aliphatic heterocycles. The van der Waals surface area contributed by atoms with Crippen LogP contribution in [0.5, 0.6) is 5.75 Å². The second-order valence-electron chi connectivity index (χ2n) is 8.56. The van der Waals surface area contributed by atoms with Gasteiger partial charge in [-0.25, -0.2) is 0 Å². The molecule has 0 heterocycles. The Morgan fingerprint density at radius 1 is 1.17 bits per heavy atom.